The number of hydrogen-bond acceptors (Lipinski definition) is 8. The summed E-state index contributed by atoms with van der Waals surface area (Å²) >= 11 is 1.49. The lowest BCUT2D eigenvalue weighted by atomic mass is 10.1. The second-order valence-corrected chi connectivity index (χ2v) is 8.26. The van der Waals surface area contributed by atoms with Crippen molar-refractivity contribution in [3.8, 4) is 16.6 Å². The molecule has 2 heterocycles. The van der Waals surface area contributed by atoms with E-state index in [9.17, 15) is 14.4 Å². The van der Waals surface area contributed by atoms with Crippen LogP contribution in [0.1, 0.15) is 33.0 Å². The van der Waals surface area contributed by atoms with Crippen molar-refractivity contribution in [2.75, 3.05) is 20.3 Å². The quantitative estimate of drug-likeness (QED) is 0.267. The first-order valence-electron chi connectivity index (χ1n) is 10.3. The van der Waals surface area contributed by atoms with Crippen molar-refractivity contribution in [2.45, 2.75) is 20.8 Å². The van der Waals surface area contributed by atoms with Gasteiger partial charge in [-0.25, -0.2) is 9.78 Å². The Morgan fingerprint density at radius 2 is 1.88 bits per heavy atom. The summed E-state index contributed by atoms with van der Waals surface area (Å²) in [6.07, 6.45) is 2.73. The highest BCUT2D eigenvalue weighted by molar-refractivity contribution is 7.12. The number of thiazole rings is 1. The van der Waals surface area contributed by atoms with Gasteiger partial charge in [0, 0.05) is 28.4 Å². The number of ether oxygens (including phenoxy) is 3. The summed E-state index contributed by atoms with van der Waals surface area (Å²) in [7, 11) is 1.45. The molecule has 1 aromatic carbocycles. The molecule has 0 saturated carbocycles. The number of esters is 1. The average molecular weight is 484 g/mol. The summed E-state index contributed by atoms with van der Waals surface area (Å²) in [6, 6.07) is 6.66. The van der Waals surface area contributed by atoms with Gasteiger partial charge in [-0.2, -0.15) is 0 Å². The normalized spacial score (nSPS) is 10.9. The molecule has 0 unspecified atom stereocenters. The largest absolute Gasteiger partial charge is 0.493 e. The molecule has 2 aromatic heterocycles. The third-order valence-electron chi connectivity index (χ3n) is 4.84. The van der Waals surface area contributed by atoms with Crippen molar-refractivity contribution in [3.05, 3.63) is 63.9 Å². The number of rotatable bonds is 10. The Bertz CT molecular complexity index is 1260. The second-order valence-electron chi connectivity index (χ2n) is 7.42. The predicted octanol–water partition coefficient (Wildman–Crippen LogP) is 3.17. The first-order valence-corrected chi connectivity index (χ1v) is 11.2. The van der Waals surface area contributed by atoms with E-state index < -0.39 is 11.9 Å². The summed E-state index contributed by atoms with van der Waals surface area (Å²) in [5.74, 6) is -0.851. The Labute approximate surface area is 200 Å². The molecule has 0 atom stereocenters. The Morgan fingerprint density at radius 3 is 2.53 bits per heavy atom. The number of benzene rings is 1. The fourth-order valence-electron chi connectivity index (χ4n) is 3.27. The molecule has 9 nitrogen and oxygen atoms in total. The van der Waals surface area contributed by atoms with Gasteiger partial charge in [0.1, 0.15) is 0 Å². The number of Topliss-reactive ketones (excluding diaryl/α,β-unsaturated/α-hetero) is 1. The van der Waals surface area contributed by atoms with E-state index in [0.717, 1.165) is 22.2 Å². The smallest absolute Gasteiger partial charge is 0.331 e. The topological polar surface area (TPSA) is 123 Å². The lowest BCUT2D eigenvalue weighted by Gasteiger charge is -2.09. The van der Waals surface area contributed by atoms with Crippen LogP contribution in [0.4, 0.5) is 0 Å². The summed E-state index contributed by atoms with van der Waals surface area (Å²) in [4.78, 5) is 40.2. The van der Waals surface area contributed by atoms with Crippen molar-refractivity contribution >= 4 is 35.1 Å². The zero-order valence-electron chi connectivity index (χ0n) is 19.3. The fourth-order valence-corrected chi connectivity index (χ4v) is 4.18. The first-order chi connectivity index (χ1) is 16.2. The van der Waals surface area contributed by atoms with Crippen molar-refractivity contribution in [2.24, 2.45) is 5.73 Å². The number of aromatic nitrogens is 2. The molecule has 178 valence electrons. The summed E-state index contributed by atoms with van der Waals surface area (Å²) in [6.45, 7) is 4.98. The molecule has 0 fully saturated rings. The number of primary amides is 1. The summed E-state index contributed by atoms with van der Waals surface area (Å²) in [5.41, 5.74) is 8.72. The Morgan fingerprint density at radius 1 is 1.12 bits per heavy atom. The minimum atomic E-state index is -0.661. The molecular weight excluding hydrogens is 458 g/mol. The fraction of sp³-hybridized carbons (Fsp3) is 0.250. The zero-order valence-corrected chi connectivity index (χ0v) is 20.1. The Hall–Kier alpha value is -3.92. The SMILES string of the molecule is COc1cc(/C=C/C(=O)OCC(=O)c2cc(C)n(-c3nc(C)cs3)c2C)ccc1OCC(N)=O. The highest BCUT2D eigenvalue weighted by Crippen LogP contribution is 2.28. The van der Waals surface area contributed by atoms with Gasteiger partial charge in [0.2, 0.25) is 5.78 Å². The second kappa shape index (κ2) is 10.8. The number of amides is 1. The maximum absolute atomic E-state index is 12.7. The minimum absolute atomic E-state index is 0.280. The first kappa shape index (κ1) is 24.7. The van der Waals surface area contributed by atoms with Crippen LogP contribution in [0.2, 0.25) is 0 Å². The van der Waals surface area contributed by atoms with Crippen LogP contribution < -0.4 is 15.2 Å². The number of methoxy groups -OCH3 is 1. The van der Waals surface area contributed by atoms with Gasteiger partial charge in [-0.3, -0.25) is 14.2 Å². The van der Waals surface area contributed by atoms with Crippen LogP contribution in [0.3, 0.4) is 0 Å². The number of aryl methyl sites for hydroxylation is 2. The van der Waals surface area contributed by atoms with Gasteiger partial charge in [0.15, 0.2) is 29.8 Å². The molecule has 0 aliphatic rings. The van der Waals surface area contributed by atoms with Crippen molar-refractivity contribution < 1.29 is 28.6 Å². The number of nitrogens with two attached hydrogens (primary N) is 1. The zero-order chi connectivity index (χ0) is 24.8. The molecule has 10 heteroatoms. The maximum atomic E-state index is 12.7. The monoisotopic (exact) mass is 483 g/mol. The van der Waals surface area contributed by atoms with Crippen LogP contribution in [0.15, 0.2) is 35.7 Å². The Kier molecular flexibility index (Phi) is 7.85. The molecule has 1 amide bonds. The van der Waals surface area contributed by atoms with Gasteiger partial charge in [0.05, 0.1) is 12.8 Å². The number of hydrogen-bond donors (Lipinski definition) is 1. The minimum Gasteiger partial charge on any atom is -0.493 e. The molecule has 3 aromatic rings. The Balaban J connectivity index is 1.62. The maximum Gasteiger partial charge on any atom is 0.331 e. The highest BCUT2D eigenvalue weighted by atomic mass is 32.1. The molecule has 0 spiro atoms. The van der Waals surface area contributed by atoms with E-state index in [1.165, 1.54) is 30.6 Å². The average Bonchev–Trinajstić information content (AvgIpc) is 3.36. The van der Waals surface area contributed by atoms with Gasteiger partial charge in [0.25, 0.3) is 5.91 Å². The van der Waals surface area contributed by atoms with Crippen LogP contribution in [-0.4, -0.2) is 47.5 Å². The van der Waals surface area contributed by atoms with Gasteiger partial charge < -0.3 is 19.9 Å². The van der Waals surface area contributed by atoms with Gasteiger partial charge in [-0.05, 0) is 50.6 Å². The molecule has 3 rings (SSSR count). The van der Waals surface area contributed by atoms with Crippen LogP contribution >= 0.6 is 11.3 Å². The van der Waals surface area contributed by atoms with E-state index in [0.29, 0.717) is 22.6 Å². The number of ketones is 1. The van der Waals surface area contributed by atoms with Crippen LogP contribution in [0.25, 0.3) is 11.2 Å². The molecule has 0 radical (unpaired) electrons. The predicted molar refractivity (Wildman–Crippen MR) is 128 cm³/mol. The van der Waals surface area contributed by atoms with Crippen LogP contribution in [0, 0.1) is 20.8 Å². The van der Waals surface area contributed by atoms with E-state index >= 15 is 0 Å². The van der Waals surface area contributed by atoms with E-state index in [1.54, 1.807) is 24.3 Å². The van der Waals surface area contributed by atoms with Crippen molar-refractivity contribution in [1.29, 1.82) is 0 Å². The number of nitrogens with zero attached hydrogens (tertiary/aromatic N) is 2. The highest BCUT2D eigenvalue weighted by Gasteiger charge is 2.19. The number of carbonyl (C=O) groups excluding carboxylic acids is 3. The molecule has 0 bridgehead atoms. The van der Waals surface area contributed by atoms with E-state index in [1.807, 2.05) is 30.7 Å². The standard InChI is InChI=1S/C24H25N3O6S/c1-14-13-34-24(26-14)27-15(2)9-18(16(27)3)19(28)11-33-23(30)8-6-17-5-7-20(21(10-17)31-4)32-12-22(25)29/h5-10,13H,11-12H2,1-4H3,(H2,25,29)/b8-6+. The third-order valence-corrected chi connectivity index (χ3v) is 5.79. The van der Waals surface area contributed by atoms with E-state index in [4.69, 9.17) is 19.9 Å². The van der Waals surface area contributed by atoms with Crippen molar-refractivity contribution in [1.82, 2.24) is 9.55 Å². The molecular formula is C24H25N3O6S. The molecule has 34 heavy (non-hydrogen) atoms. The van der Waals surface area contributed by atoms with Crippen molar-refractivity contribution in [3.63, 3.8) is 0 Å². The van der Waals surface area contributed by atoms with Gasteiger partial charge >= 0.3 is 5.97 Å². The molecule has 0 saturated heterocycles. The van der Waals surface area contributed by atoms with E-state index in [-0.39, 0.29) is 19.0 Å². The van der Waals surface area contributed by atoms with E-state index in [2.05, 4.69) is 4.98 Å². The number of carbonyl (C=O) groups is 3. The third kappa shape index (κ3) is 5.90. The molecule has 0 aliphatic heterocycles. The van der Waals surface area contributed by atoms with Crippen LogP contribution in [0.5, 0.6) is 11.5 Å². The summed E-state index contributed by atoms with van der Waals surface area (Å²) in [5, 5.41) is 2.73. The lowest BCUT2D eigenvalue weighted by Crippen LogP contribution is -2.20. The van der Waals surface area contributed by atoms with Gasteiger partial charge in [-0.15, -0.1) is 11.3 Å². The summed E-state index contributed by atoms with van der Waals surface area (Å²) < 4.78 is 17.5. The lowest BCUT2D eigenvalue weighted by molar-refractivity contribution is -0.136. The van der Waals surface area contributed by atoms with Crippen LogP contribution in [-0.2, 0) is 14.3 Å². The molecule has 2 N–H and O–H groups in total. The molecule has 0 aliphatic carbocycles. The van der Waals surface area contributed by atoms with Gasteiger partial charge in [-0.1, -0.05) is 6.07 Å².